The minimum atomic E-state index is 0.719. The molecule has 0 aromatic heterocycles. The zero-order valence-corrected chi connectivity index (χ0v) is 9.58. The molecule has 2 rings (SSSR count). The number of rotatable bonds is 2. The van der Waals surface area contributed by atoms with Gasteiger partial charge in [0.1, 0.15) is 0 Å². The van der Waals surface area contributed by atoms with Gasteiger partial charge in [-0.3, -0.25) is 0 Å². The first-order valence-corrected chi connectivity index (χ1v) is 6.16. The second-order valence-electron chi connectivity index (χ2n) is 5.40. The van der Waals surface area contributed by atoms with Gasteiger partial charge in [-0.2, -0.15) is 0 Å². The van der Waals surface area contributed by atoms with Gasteiger partial charge in [0.15, 0.2) is 0 Å². The Bertz CT molecular complexity index is 177. The van der Waals surface area contributed by atoms with Crippen LogP contribution in [0.2, 0.25) is 0 Å². The number of likely N-dealkylation sites (tertiary alicyclic amines) is 1. The lowest BCUT2D eigenvalue weighted by Gasteiger charge is -2.48. The lowest BCUT2D eigenvalue weighted by molar-refractivity contribution is 0.0118. The zero-order chi connectivity index (χ0) is 10.1. The van der Waals surface area contributed by atoms with Crippen molar-refractivity contribution in [3.63, 3.8) is 0 Å². The SMILES string of the molecule is CC(C)N1CC2CCCC(C1)C2CN. The van der Waals surface area contributed by atoms with Crippen molar-refractivity contribution in [2.75, 3.05) is 19.6 Å². The Hall–Kier alpha value is -0.0800. The third-order valence-corrected chi connectivity index (χ3v) is 4.30. The van der Waals surface area contributed by atoms with Crippen LogP contribution in [0.3, 0.4) is 0 Å². The topological polar surface area (TPSA) is 29.3 Å². The molecular weight excluding hydrogens is 172 g/mol. The van der Waals surface area contributed by atoms with Crippen LogP contribution in [0.25, 0.3) is 0 Å². The van der Waals surface area contributed by atoms with Crippen molar-refractivity contribution in [1.29, 1.82) is 0 Å². The Balaban J connectivity index is 2.04. The molecule has 0 radical (unpaired) electrons. The van der Waals surface area contributed by atoms with Crippen molar-refractivity contribution < 1.29 is 0 Å². The molecule has 2 heteroatoms. The van der Waals surface area contributed by atoms with E-state index in [1.54, 1.807) is 0 Å². The van der Waals surface area contributed by atoms with Crippen molar-refractivity contribution in [1.82, 2.24) is 4.90 Å². The van der Waals surface area contributed by atoms with E-state index in [-0.39, 0.29) is 0 Å². The minimum Gasteiger partial charge on any atom is -0.330 e. The van der Waals surface area contributed by atoms with Crippen LogP contribution in [0.5, 0.6) is 0 Å². The number of nitrogens with two attached hydrogens (primary N) is 1. The van der Waals surface area contributed by atoms with Crippen molar-refractivity contribution in [2.45, 2.75) is 39.2 Å². The van der Waals surface area contributed by atoms with Gasteiger partial charge < -0.3 is 10.6 Å². The van der Waals surface area contributed by atoms with E-state index in [4.69, 9.17) is 5.73 Å². The number of hydrogen-bond acceptors (Lipinski definition) is 2. The van der Waals surface area contributed by atoms with E-state index >= 15 is 0 Å². The molecule has 2 N–H and O–H groups in total. The van der Waals surface area contributed by atoms with Crippen LogP contribution in [-0.4, -0.2) is 30.6 Å². The van der Waals surface area contributed by atoms with Gasteiger partial charge in [0.2, 0.25) is 0 Å². The maximum Gasteiger partial charge on any atom is 0.00388 e. The van der Waals surface area contributed by atoms with Gasteiger partial charge in [-0.15, -0.1) is 0 Å². The highest BCUT2D eigenvalue weighted by Gasteiger charge is 2.38. The molecule has 2 aliphatic rings. The van der Waals surface area contributed by atoms with Crippen LogP contribution < -0.4 is 5.73 Å². The average Bonchev–Trinajstić information content (AvgIpc) is 2.15. The molecule has 2 bridgehead atoms. The Kier molecular flexibility index (Phi) is 3.13. The zero-order valence-electron chi connectivity index (χ0n) is 9.58. The summed E-state index contributed by atoms with van der Waals surface area (Å²) in [6.45, 7) is 8.16. The van der Waals surface area contributed by atoms with Crippen molar-refractivity contribution in [3.8, 4) is 0 Å². The summed E-state index contributed by atoms with van der Waals surface area (Å²) in [4.78, 5) is 2.65. The van der Waals surface area contributed by atoms with Gasteiger partial charge in [0.05, 0.1) is 0 Å². The molecule has 1 saturated heterocycles. The summed E-state index contributed by atoms with van der Waals surface area (Å²) in [5.41, 5.74) is 5.90. The number of nitrogens with zero attached hydrogens (tertiary/aromatic N) is 1. The van der Waals surface area contributed by atoms with E-state index < -0.39 is 0 Å². The predicted octanol–water partition coefficient (Wildman–Crippen LogP) is 1.70. The molecule has 1 aliphatic heterocycles. The number of piperidine rings is 1. The third kappa shape index (κ3) is 1.82. The van der Waals surface area contributed by atoms with E-state index in [1.165, 1.54) is 32.4 Å². The van der Waals surface area contributed by atoms with E-state index in [0.29, 0.717) is 0 Å². The van der Waals surface area contributed by atoms with E-state index in [0.717, 1.165) is 30.3 Å². The summed E-state index contributed by atoms with van der Waals surface area (Å²) >= 11 is 0. The fraction of sp³-hybridized carbons (Fsp3) is 1.00. The van der Waals surface area contributed by atoms with Gasteiger partial charge in [0, 0.05) is 19.1 Å². The van der Waals surface area contributed by atoms with Gasteiger partial charge >= 0.3 is 0 Å². The molecule has 0 amide bonds. The summed E-state index contributed by atoms with van der Waals surface area (Å²) in [5, 5.41) is 0. The predicted molar refractivity (Wildman–Crippen MR) is 60.1 cm³/mol. The first kappa shape index (κ1) is 10.4. The first-order chi connectivity index (χ1) is 6.72. The largest absolute Gasteiger partial charge is 0.330 e. The summed E-state index contributed by atoms with van der Waals surface area (Å²) in [5.74, 6) is 2.63. The summed E-state index contributed by atoms with van der Waals surface area (Å²) < 4.78 is 0. The monoisotopic (exact) mass is 196 g/mol. The van der Waals surface area contributed by atoms with E-state index in [9.17, 15) is 0 Å². The molecular formula is C12H24N2. The molecule has 1 aliphatic carbocycles. The van der Waals surface area contributed by atoms with Gasteiger partial charge in [0.25, 0.3) is 0 Å². The van der Waals surface area contributed by atoms with Crippen LogP contribution >= 0.6 is 0 Å². The Morgan fingerprint density at radius 3 is 2.21 bits per heavy atom. The molecule has 0 aromatic rings. The van der Waals surface area contributed by atoms with Crippen LogP contribution in [0.4, 0.5) is 0 Å². The molecule has 82 valence electrons. The Morgan fingerprint density at radius 1 is 1.21 bits per heavy atom. The lowest BCUT2D eigenvalue weighted by atomic mass is 9.69. The molecule has 2 atom stereocenters. The van der Waals surface area contributed by atoms with Crippen molar-refractivity contribution in [3.05, 3.63) is 0 Å². The molecule has 14 heavy (non-hydrogen) atoms. The van der Waals surface area contributed by atoms with Crippen LogP contribution in [-0.2, 0) is 0 Å². The number of fused-ring (bicyclic) bond motifs is 2. The maximum atomic E-state index is 5.90. The highest BCUT2D eigenvalue weighted by Crippen LogP contribution is 2.39. The first-order valence-electron chi connectivity index (χ1n) is 6.16. The third-order valence-electron chi connectivity index (χ3n) is 4.30. The van der Waals surface area contributed by atoms with E-state index in [2.05, 4.69) is 18.7 Å². The average molecular weight is 196 g/mol. The summed E-state index contributed by atoms with van der Waals surface area (Å²) in [7, 11) is 0. The second kappa shape index (κ2) is 4.19. The smallest absolute Gasteiger partial charge is 0.00388 e. The highest BCUT2D eigenvalue weighted by molar-refractivity contribution is 4.91. The van der Waals surface area contributed by atoms with Gasteiger partial charge in [-0.1, -0.05) is 6.42 Å². The molecule has 0 spiro atoms. The van der Waals surface area contributed by atoms with Crippen molar-refractivity contribution in [2.24, 2.45) is 23.5 Å². The standard InChI is InChI=1S/C12H24N2/c1-9(2)14-7-10-4-3-5-11(8-14)12(10)6-13/h9-12H,3-8,13H2,1-2H3. The molecule has 1 saturated carbocycles. The maximum absolute atomic E-state index is 5.90. The fourth-order valence-electron chi connectivity index (χ4n) is 3.39. The van der Waals surface area contributed by atoms with Gasteiger partial charge in [-0.25, -0.2) is 0 Å². The molecule has 2 fully saturated rings. The van der Waals surface area contributed by atoms with Crippen LogP contribution in [0.15, 0.2) is 0 Å². The molecule has 0 aromatic carbocycles. The normalized spacial score (nSPS) is 39.0. The van der Waals surface area contributed by atoms with E-state index in [1.807, 2.05) is 0 Å². The lowest BCUT2D eigenvalue weighted by Crippen LogP contribution is -2.52. The van der Waals surface area contributed by atoms with Gasteiger partial charge in [-0.05, 0) is 51.0 Å². The molecule has 2 unspecified atom stereocenters. The van der Waals surface area contributed by atoms with Crippen LogP contribution in [0.1, 0.15) is 33.1 Å². The second-order valence-corrected chi connectivity index (χ2v) is 5.40. The summed E-state index contributed by atoms with van der Waals surface area (Å²) in [6, 6.07) is 0.719. The highest BCUT2D eigenvalue weighted by atomic mass is 15.2. The molecule has 2 nitrogen and oxygen atoms in total. The fourth-order valence-corrected chi connectivity index (χ4v) is 3.39. The Morgan fingerprint density at radius 2 is 1.79 bits per heavy atom. The van der Waals surface area contributed by atoms with Crippen LogP contribution in [0, 0.1) is 17.8 Å². The number of hydrogen-bond donors (Lipinski definition) is 1. The quantitative estimate of drug-likeness (QED) is 0.728. The summed E-state index contributed by atoms with van der Waals surface area (Å²) in [6.07, 6.45) is 4.28. The minimum absolute atomic E-state index is 0.719. The van der Waals surface area contributed by atoms with Crippen molar-refractivity contribution >= 4 is 0 Å². The molecule has 1 heterocycles. The Labute approximate surface area is 87.8 Å².